The summed E-state index contributed by atoms with van der Waals surface area (Å²) in [5, 5.41) is 2.90. The predicted octanol–water partition coefficient (Wildman–Crippen LogP) is -0.0659. The number of carbonyl (C=O) groups excluding carboxylic acids is 1. The highest BCUT2D eigenvalue weighted by Crippen LogP contribution is 2.32. The topological polar surface area (TPSA) is 58.4 Å². The van der Waals surface area contributed by atoms with E-state index in [9.17, 15) is 4.79 Å². The number of nitrogens with zero attached hydrogens (tertiary/aromatic N) is 1. The van der Waals surface area contributed by atoms with Crippen LogP contribution in [0.15, 0.2) is 0 Å². The summed E-state index contributed by atoms with van der Waals surface area (Å²) >= 11 is 0. The van der Waals surface area contributed by atoms with Crippen LogP contribution >= 0.6 is 0 Å². The standard InChI is InChI=1S/C10H21N3O/c1-9(2,13(3)4)7-12-8(14)10(11)5-6-10/h5-7,11H2,1-4H3,(H,12,14). The molecule has 82 valence electrons. The molecule has 4 heteroatoms. The molecule has 1 aliphatic carbocycles. The average Bonchev–Trinajstić information content (AvgIpc) is 2.80. The van der Waals surface area contributed by atoms with Crippen molar-refractivity contribution in [2.45, 2.75) is 37.8 Å². The Bertz CT molecular complexity index is 232. The molecule has 4 nitrogen and oxygen atoms in total. The zero-order valence-corrected chi connectivity index (χ0v) is 9.55. The second kappa shape index (κ2) is 3.51. The number of likely N-dealkylation sites (N-methyl/N-ethyl adjacent to an activating group) is 1. The van der Waals surface area contributed by atoms with Crippen LogP contribution in [0.3, 0.4) is 0 Å². The van der Waals surface area contributed by atoms with Crippen molar-refractivity contribution in [3.8, 4) is 0 Å². The van der Waals surface area contributed by atoms with Crippen molar-refractivity contribution >= 4 is 5.91 Å². The third kappa shape index (κ3) is 2.45. The van der Waals surface area contributed by atoms with E-state index in [-0.39, 0.29) is 11.4 Å². The molecule has 0 aliphatic heterocycles. The van der Waals surface area contributed by atoms with Gasteiger partial charge >= 0.3 is 0 Å². The molecule has 0 bridgehead atoms. The van der Waals surface area contributed by atoms with Crippen LogP contribution in [0.4, 0.5) is 0 Å². The molecule has 1 aliphatic rings. The molecule has 0 unspecified atom stereocenters. The lowest BCUT2D eigenvalue weighted by molar-refractivity contribution is -0.123. The van der Waals surface area contributed by atoms with Crippen molar-refractivity contribution in [2.24, 2.45) is 5.73 Å². The average molecular weight is 199 g/mol. The van der Waals surface area contributed by atoms with Crippen LogP contribution < -0.4 is 11.1 Å². The first-order valence-electron chi connectivity index (χ1n) is 5.03. The number of nitrogens with one attached hydrogen (secondary N) is 1. The van der Waals surface area contributed by atoms with Gasteiger partial charge in [-0.25, -0.2) is 0 Å². The number of nitrogens with two attached hydrogens (primary N) is 1. The minimum absolute atomic E-state index is 0.00701. The van der Waals surface area contributed by atoms with Crippen LogP contribution in [0, 0.1) is 0 Å². The largest absolute Gasteiger partial charge is 0.353 e. The minimum Gasteiger partial charge on any atom is -0.353 e. The predicted molar refractivity (Wildman–Crippen MR) is 56.9 cm³/mol. The Labute approximate surface area is 85.8 Å². The van der Waals surface area contributed by atoms with Gasteiger partial charge in [-0.15, -0.1) is 0 Å². The highest BCUT2D eigenvalue weighted by atomic mass is 16.2. The molecule has 1 saturated carbocycles. The van der Waals surface area contributed by atoms with E-state index in [0.717, 1.165) is 12.8 Å². The van der Waals surface area contributed by atoms with Gasteiger partial charge in [-0.1, -0.05) is 0 Å². The van der Waals surface area contributed by atoms with Gasteiger partial charge in [0.15, 0.2) is 0 Å². The van der Waals surface area contributed by atoms with E-state index in [1.165, 1.54) is 0 Å². The summed E-state index contributed by atoms with van der Waals surface area (Å²) in [6, 6.07) is 0. The van der Waals surface area contributed by atoms with Gasteiger partial charge in [-0.05, 0) is 40.8 Å². The molecule has 0 aromatic rings. The van der Waals surface area contributed by atoms with E-state index in [1.54, 1.807) is 0 Å². The molecule has 0 saturated heterocycles. The maximum absolute atomic E-state index is 11.5. The normalized spacial score (nSPS) is 19.6. The highest BCUT2D eigenvalue weighted by molar-refractivity contribution is 5.89. The number of hydrogen-bond acceptors (Lipinski definition) is 3. The maximum Gasteiger partial charge on any atom is 0.240 e. The fourth-order valence-electron chi connectivity index (χ4n) is 0.992. The van der Waals surface area contributed by atoms with Crippen LogP contribution in [0.25, 0.3) is 0 Å². The van der Waals surface area contributed by atoms with Gasteiger partial charge in [0.1, 0.15) is 0 Å². The third-order valence-electron chi connectivity index (χ3n) is 3.13. The van der Waals surface area contributed by atoms with Crippen molar-refractivity contribution in [1.82, 2.24) is 10.2 Å². The molecule has 0 radical (unpaired) electrons. The Kier molecular flexibility index (Phi) is 2.88. The lowest BCUT2D eigenvalue weighted by atomic mass is 10.0. The van der Waals surface area contributed by atoms with Crippen molar-refractivity contribution in [1.29, 1.82) is 0 Å². The van der Waals surface area contributed by atoms with Gasteiger partial charge in [0.25, 0.3) is 0 Å². The highest BCUT2D eigenvalue weighted by Gasteiger charge is 2.46. The van der Waals surface area contributed by atoms with Crippen molar-refractivity contribution in [3.63, 3.8) is 0 Å². The van der Waals surface area contributed by atoms with E-state index < -0.39 is 5.54 Å². The molecule has 1 fully saturated rings. The first kappa shape index (κ1) is 11.5. The SMILES string of the molecule is CN(C)C(C)(C)CNC(=O)C1(N)CC1. The lowest BCUT2D eigenvalue weighted by Crippen LogP contribution is -2.52. The number of hydrogen-bond donors (Lipinski definition) is 2. The first-order chi connectivity index (χ1) is 6.28. The monoisotopic (exact) mass is 199 g/mol. The Balaban J connectivity index is 2.37. The molecular formula is C10H21N3O. The zero-order chi connectivity index (χ0) is 11.0. The summed E-state index contributed by atoms with van der Waals surface area (Å²) in [6.07, 6.45) is 1.64. The maximum atomic E-state index is 11.5. The molecule has 14 heavy (non-hydrogen) atoms. The van der Waals surface area contributed by atoms with Gasteiger partial charge in [0, 0.05) is 12.1 Å². The van der Waals surface area contributed by atoms with Gasteiger partial charge in [0.2, 0.25) is 5.91 Å². The molecule has 0 heterocycles. The van der Waals surface area contributed by atoms with Crippen molar-refractivity contribution < 1.29 is 4.79 Å². The molecule has 0 aromatic heterocycles. The van der Waals surface area contributed by atoms with E-state index in [0.29, 0.717) is 6.54 Å². The number of rotatable bonds is 4. The molecule has 0 spiro atoms. The molecule has 0 aromatic carbocycles. The van der Waals surface area contributed by atoms with Gasteiger partial charge in [0.05, 0.1) is 5.54 Å². The van der Waals surface area contributed by atoms with Crippen LogP contribution in [-0.4, -0.2) is 42.5 Å². The Morgan fingerprint density at radius 1 is 1.50 bits per heavy atom. The summed E-state index contributed by atoms with van der Waals surface area (Å²) < 4.78 is 0. The van der Waals surface area contributed by atoms with E-state index in [2.05, 4.69) is 24.1 Å². The smallest absolute Gasteiger partial charge is 0.240 e. The summed E-state index contributed by atoms with van der Waals surface area (Å²) in [5.74, 6) is -0.00701. The lowest BCUT2D eigenvalue weighted by Gasteiger charge is -2.33. The van der Waals surface area contributed by atoms with Gasteiger partial charge in [-0.3, -0.25) is 4.79 Å². The summed E-state index contributed by atoms with van der Waals surface area (Å²) in [7, 11) is 4.00. The molecule has 0 atom stereocenters. The fraction of sp³-hybridized carbons (Fsp3) is 0.900. The van der Waals surface area contributed by atoms with Crippen LogP contribution in [0.1, 0.15) is 26.7 Å². The minimum atomic E-state index is -0.553. The quantitative estimate of drug-likeness (QED) is 0.666. The Hall–Kier alpha value is -0.610. The molecule has 1 rings (SSSR count). The second-order valence-corrected chi connectivity index (χ2v) is 5.05. The van der Waals surface area contributed by atoms with E-state index in [4.69, 9.17) is 5.73 Å². The first-order valence-corrected chi connectivity index (χ1v) is 5.03. The van der Waals surface area contributed by atoms with Crippen molar-refractivity contribution in [2.75, 3.05) is 20.6 Å². The van der Waals surface area contributed by atoms with Gasteiger partial charge < -0.3 is 16.0 Å². The van der Waals surface area contributed by atoms with E-state index in [1.807, 2.05) is 14.1 Å². The third-order valence-corrected chi connectivity index (χ3v) is 3.13. The fourth-order valence-corrected chi connectivity index (χ4v) is 0.992. The molecule has 1 amide bonds. The van der Waals surface area contributed by atoms with Crippen molar-refractivity contribution in [3.05, 3.63) is 0 Å². The zero-order valence-electron chi connectivity index (χ0n) is 9.55. The van der Waals surface area contributed by atoms with Crippen LogP contribution in [0.2, 0.25) is 0 Å². The van der Waals surface area contributed by atoms with Crippen LogP contribution in [0.5, 0.6) is 0 Å². The van der Waals surface area contributed by atoms with E-state index >= 15 is 0 Å². The summed E-state index contributed by atoms with van der Waals surface area (Å²) in [5.41, 5.74) is 5.19. The molecular weight excluding hydrogens is 178 g/mol. The Morgan fingerprint density at radius 3 is 2.36 bits per heavy atom. The number of amides is 1. The summed E-state index contributed by atoms with van der Waals surface area (Å²) in [6.45, 7) is 4.81. The van der Waals surface area contributed by atoms with Crippen LogP contribution in [-0.2, 0) is 4.79 Å². The van der Waals surface area contributed by atoms with Gasteiger partial charge in [-0.2, -0.15) is 0 Å². The molecule has 3 N–H and O–H groups in total. The Morgan fingerprint density at radius 2 is 2.00 bits per heavy atom. The second-order valence-electron chi connectivity index (χ2n) is 5.05. The summed E-state index contributed by atoms with van der Waals surface area (Å²) in [4.78, 5) is 13.6. The number of carbonyl (C=O) groups is 1.